The molecule has 2 aromatic carbocycles. The largest absolute Gasteiger partial charge is 0.397 e. The second-order valence-electron chi connectivity index (χ2n) is 4.06. The van der Waals surface area contributed by atoms with Crippen LogP contribution >= 0.6 is 46.4 Å². The molecule has 0 radical (unpaired) electrons. The van der Waals surface area contributed by atoms with E-state index >= 15 is 0 Å². The molecule has 0 amide bonds. The molecule has 0 bridgehead atoms. The van der Waals surface area contributed by atoms with Crippen molar-refractivity contribution in [1.82, 2.24) is 0 Å². The number of nitrogens with two attached hydrogens (primary N) is 1. The highest BCUT2D eigenvalue weighted by Crippen LogP contribution is 2.36. The van der Waals surface area contributed by atoms with Crippen molar-refractivity contribution in [3.05, 3.63) is 49.9 Å². The van der Waals surface area contributed by atoms with Crippen LogP contribution in [0.15, 0.2) is 24.3 Å². The van der Waals surface area contributed by atoms with Crippen LogP contribution in [0, 0.1) is 6.92 Å². The van der Waals surface area contributed by atoms with Crippen LogP contribution in [-0.4, -0.2) is 0 Å². The van der Waals surface area contributed by atoms with Crippen LogP contribution in [0.2, 0.25) is 20.1 Å². The molecule has 0 saturated carbocycles. The number of rotatable bonds is 2. The molecule has 0 spiro atoms. The summed E-state index contributed by atoms with van der Waals surface area (Å²) in [6, 6.07) is 6.74. The molecule has 19 heavy (non-hydrogen) atoms. The SMILES string of the molecule is Cc1cc(Cl)c(Nc2cc(Cl)c(Cl)cc2N)cc1Cl. The number of halogens is 4. The Labute approximate surface area is 131 Å². The van der Waals surface area contributed by atoms with Gasteiger partial charge in [-0.2, -0.15) is 0 Å². The predicted octanol–water partition coefficient (Wildman–Crippen LogP) is 5.93. The van der Waals surface area contributed by atoms with Crippen LogP contribution in [0.4, 0.5) is 17.1 Å². The number of hydrogen-bond donors (Lipinski definition) is 2. The molecular weight excluding hydrogens is 326 g/mol. The molecule has 0 aromatic heterocycles. The third kappa shape index (κ3) is 3.21. The maximum absolute atomic E-state index is 6.15. The fourth-order valence-corrected chi connectivity index (χ4v) is 2.32. The monoisotopic (exact) mass is 334 g/mol. The van der Waals surface area contributed by atoms with E-state index in [1.165, 1.54) is 0 Å². The molecule has 2 aromatic rings. The zero-order chi connectivity index (χ0) is 14.2. The lowest BCUT2D eigenvalue weighted by atomic mass is 10.2. The Morgan fingerprint density at radius 2 is 1.37 bits per heavy atom. The highest BCUT2D eigenvalue weighted by atomic mass is 35.5. The summed E-state index contributed by atoms with van der Waals surface area (Å²) < 4.78 is 0. The molecule has 0 aliphatic carbocycles. The highest BCUT2D eigenvalue weighted by Gasteiger charge is 2.09. The molecule has 0 unspecified atom stereocenters. The Morgan fingerprint density at radius 3 is 2.05 bits per heavy atom. The molecule has 100 valence electrons. The summed E-state index contributed by atoms with van der Waals surface area (Å²) >= 11 is 24.1. The zero-order valence-electron chi connectivity index (χ0n) is 9.90. The highest BCUT2D eigenvalue weighted by molar-refractivity contribution is 6.42. The first-order valence-corrected chi connectivity index (χ1v) is 6.87. The Morgan fingerprint density at radius 1 is 0.789 bits per heavy atom. The minimum atomic E-state index is 0.401. The van der Waals surface area contributed by atoms with Crippen molar-refractivity contribution < 1.29 is 0 Å². The van der Waals surface area contributed by atoms with Crippen molar-refractivity contribution >= 4 is 63.5 Å². The summed E-state index contributed by atoms with van der Waals surface area (Å²) in [6.07, 6.45) is 0. The Balaban J connectivity index is 2.42. The number of nitrogen functional groups attached to an aromatic ring is 1. The van der Waals surface area contributed by atoms with Crippen LogP contribution in [0.5, 0.6) is 0 Å². The number of anilines is 3. The van der Waals surface area contributed by atoms with Gasteiger partial charge in [-0.25, -0.2) is 0 Å². The second-order valence-corrected chi connectivity index (χ2v) is 5.69. The summed E-state index contributed by atoms with van der Waals surface area (Å²) in [5.41, 5.74) is 8.53. The van der Waals surface area contributed by atoms with E-state index in [2.05, 4.69) is 5.32 Å². The molecule has 0 atom stereocenters. The molecule has 0 fully saturated rings. The summed E-state index contributed by atoms with van der Waals surface area (Å²) in [6.45, 7) is 1.88. The van der Waals surface area contributed by atoms with Crippen LogP contribution in [0.1, 0.15) is 5.56 Å². The van der Waals surface area contributed by atoms with Crippen molar-refractivity contribution in [1.29, 1.82) is 0 Å². The lowest BCUT2D eigenvalue weighted by Crippen LogP contribution is -1.97. The topological polar surface area (TPSA) is 38.0 Å². The lowest BCUT2D eigenvalue weighted by Gasteiger charge is -2.13. The number of aryl methyl sites for hydroxylation is 1. The van der Waals surface area contributed by atoms with E-state index < -0.39 is 0 Å². The minimum absolute atomic E-state index is 0.401. The molecule has 0 aliphatic rings. The van der Waals surface area contributed by atoms with Gasteiger partial charge in [-0.1, -0.05) is 46.4 Å². The van der Waals surface area contributed by atoms with Crippen LogP contribution in [-0.2, 0) is 0 Å². The van der Waals surface area contributed by atoms with E-state index in [1.54, 1.807) is 24.3 Å². The molecule has 0 aliphatic heterocycles. The van der Waals surface area contributed by atoms with Gasteiger partial charge in [0.15, 0.2) is 0 Å². The van der Waals surface area contributed by atoms with Crippen LogP contribution in [0.3, 0.4) is 0 Å². The molecule has 0 saturated heterocycles. The van der Waals surface area contributed by atoms with Gasteiger partial charge >= 0.3 is 0 Å². The van der Waals surface area contributed by atoms with E-state index in [-0.39, 0.29) is 0 Å². The first-order valence-electron chi connectivity index (χ1n) is 5.35. The van der Waals surface area contributed by atoms with Gasteiger partial charge in [0.1, 0.15) is 0 Å². The van der Waals surface area contributed by atoms with Crippen molar-refractivity contribution in [2.24, 2.45) is 0 Å². The fourth-order valence-electron chi connectivity index (χ4n) is 1.56. The molecule has 3 N–H and O–H groups in total. The zero-order valence-corrected chi connectivity index (χ0v) is 12.9. The fraction of sp³-hybridized carbons (Fsp3) is 0.0769. The smallest absolute Gasteiger partial charge is 0.0644 e. The minimum Gasteiger partial charge on any atom is -0.397 e. The van der Waals surface area contributed by atoms with Gasteiger partial charge in [-0.15, -0.1) is 0 Å². The van der Waals surface area contributed by atoms with Gasteiger partial charge in [-0.3, -0.25) is 0 Å². The van der Waals surface area contributed by atoms with Crippen LogP contribution in [0.25, 0.3) is 0 Å². The first kappa shape index (κ1) is 14.6. The lowest BCUT2D eigenvalue weighted by molar-refractivity contribution is 1.45. The summed E-state index contributed by atoms with van der Waals surface area (Å²) in [7, 11) is 0. The van der Waals surface area contributed by atoms with Crippen LogP contribution < -0.4 is 11.1 Å². The molecule has 6 heteroatoms. The van der Waals surface area contributed by atoms with Crippen molar-refractivity contribution in [2.45, 2.75) is 6.92 Å². The maximum Gasteiger partial charge on any atom is 0.0644 e. The number of benzene rings is 2. The third-order valence-electron chi connectivity index (χ3n) is 2.61. The molecule has 2 nitrogen and oxygen atoms in total. The van der Waals surface area contributed by atoms with Gasteiger partial charge in [0.25, 0.3) is 0 Å². The first-order chi connectivity index (χ1) is 8.88. The average Bonchev–Trinajstić information content (AvgIpc) is 2.32. The quantitative estimate of drug-likeness (QED) is 0.667. The van der Waals surface area contributed by atoms with E-state index in [4.69, 9.17) is 52.1 Å². The Hall–Kier alpha value is -0.800. The maximum atomic E-state index is 6.15. The standard InChI is InChI=1S/C13H10Cl4N2/c1-6-2-10(17)12(4-7(6)14)19-13-5-9(16)8(15)3-11(13)18/h2-5,19H,18H2,1H3. The predicted molar refractivity (Wildman–Crippen MR) is 85.4 cm³/mol. The third-order valence-corrected chi connectivity index (χ3v) is 4.05. The summed E-state index contributed by atoms with van der Waals surface area (Å²) in [5.74, 6) is 0. The van der Waals surface area contributed by atoms with Crippen molar-refractivity contribution in [2.75, 3.05) is 11.1 Å². The average molecular weight is 336 g/mol. The van der Waals surface area contributed by atoms with Gasteiger partial charge in [-0.05, 0) is 36.8 Å². The molecule has 2 rings (SSSR count). The summed E-state index contributed by atoms with van der Waals surface area (Å²) in [4.78, 5) is 0. The number of hydrogen-bond acceptors (Lipinski definition) is 2. The van der Waals surface area contributed by atoms with Gasteiger partial charge in [0.05, 0.1) is 32.1 Å². The number of nitrogens with one attached hydrogen (secondary N) is 1. The van der Waals surface area contributed by atoms with E-state index in [0.29, 0.717) is 37.2 Å². The summed E-state index contributed by atoms with van der Waals surface area (Å²) in [5, 5.41) is 5.07. The van der Waals surface area contributed by atoms with Gasteiger partial charge < -0.3 is 11.1 Å². The van der Waals surface area contributed by atoms with Crippen molar-refractivity contribution in [3.8, 4) is 0 Å². The van der Waals surface area contributed by atoms with E-state index in [1.807, 2.05) is 6.92 Å². The molecule has 0 heterocycles. The van der Waals surface area contributed by atoms with Gasteiger partial charge in [0.2, 0.25) is 0 Å². The van der Waals surface area contributed by atoms with E-state index in [0.717, 1.165) is 5.56 Å². The van der Waals surface area contributed by atoms with Crippen molar-refractivity contribution in [3.63, 3.8) is 0 Å². The normalized spacial score (nSPS) is 10.6. The van der Waals surface area contributed by atoms with E-state index in [9.17, 15) is 0 Å². The van der Waals surface area contributed by atoms with Gasteiger partial charge in [0, 0.05) is 5.02 Å². The Kier molecular flexibility index (Phi) is 4.36. The molecular formula is C13H10Cl4N2. The second kappa shape index (κ2) is 5.68. The Bertz CT molecular complexity index is 586.